The van der Waals surface area contributed by atoms with Gasteiger partial charge in [-0.3, -0.25) is 9.79 Å². The van der Waals surface area contributed by atoms with Crippen LogP contribution >= 0.6 is 24.2 Å². The minimum Gasteiger partial charge on any atom is -0.366 e. The van der Waals surface area contributed by atoms with E-state index in [1.165, 1.54) is 0 Å². The van der Waals surface area contributed by atoms with Gasteiger partial charge in [0, 0.05) is 6.21 Å². The summed E-state index contributed by atoms with van der Waals surface area (Å²) in [6, 6.07) is 0. The molecule has 0 fully saturated rings. The van der Waals surface area contributed by atoms with Crippen LogP contribution in [0.1, 0.15) is 6.42 Å². The number of amides is 1. The number of rotatable bonds is 1. The smallest absolute Gasteiger partial charge is 0.249 e. The summed E-state index contributed by atoms with van der Waals surface area (Å²) >= 11 is 1.63. The minimum absolute atomic E-state index is 0. The third kappa shape index (κ3) is 1.59. The van der Waals surface area contributed by atoms with Gasteiger partial charge in [0.25, 0.3) is 0 Å². The van der Waals surface area contributed by atoms with Gasteiger partial charge >= 0.3 is 0 Å². The molecule has 3 aliphatic rings. The number of thioether (sulfide) groups is 1. The average Bonchev–Trinajstić information content (AvgIpc) is 2.66. The summed E-state index contributed by atoms with van der Waals surface area (Å²) in [5.74, 6) is -0.361. The molecule has 1 aliphatic carbocycles. The molecule has 5 heteroatoms. The summed E-state index contributed by atoms with van der Waals surface area (Å²) in [7, 11) is 0. The highest BCUT2D eigenvalue weighted by atomic mass is 35.5. The molecule has 2 heterocycles. The van der Waals surface area contributed by atoms with Crippen LogP contribution in [0, 0.1) is 0 Å². The lowest BCUT2D eigenvalue weighted by Crippen LogP contribution is -2.32. The first kappa shape index (κ1) is 12.2. The van der Waals surface area contributed by atoms with Gasteiger partial charge in [-0.1, -0.05) is 12.2 Å². The van der Waals surface area contributed by atoms with Gasteiger partial charge in [0.15, 0.2) is 0 Å². The lowest BCUT2D eigenvalue weighted by molar-refractivity contribution is -0.114. The van der Waals surface area contributed by atoms with Crippen molar-refractivity contribution in [3.63, 3.8) is 0 Å². The lowest BCUT2D eigenvalue weighted by Gasteiger charge is -2.33. The normalized spacial score (nSPS) is 28.4. The molecule has 0 saturated heterocycles. The summed E-state index contributed by atoms with van der Waals surface area (Å²) in [5, 5.41) is 1.86. The Morgan fingerprint density at radius 3 is 3.06 bits per heavy atom. The van der Waals surface area contributed by atoms with E-state index < -0.39 is 0 Å². The standard InChI is InChI=1S/C12H10N2OS.ClH/c13-11(15)8-7-16-12-5-2-1-3-10(12)14-6-4-9(8)12;/h1-4,6-7H,5H2,(H2,13,15);1H. The Morgan fingerprint density at radius 1 is 1.47 bits per heavy atom. The molecule has 88 valence electrons. The lowest BCUT2D eigenvalue weighted by atomic mass is 9.83. The molecular weight excluding hydrogens is 256 g/mol. The summed E-state index contributed by atoms with van der Waals surface area (Å²) in [6.45, 7) is 0. The number of hydrogen-bond acceptors (Lipinski definition) is 3. The van der Waals surface area contributed by atoms with Crippen LogP contribution < -0.4 is 5.73 Å². The Bertz CT molecular complexity index is 531. The number of dihydropyridines is 1. The second-order valence-electron chi connectivity index (χ2n) is 3.88. The number of primary amides is 1. The van der Waals surface area contributed by atoms with E-state index in [4.69, 9.17) is 5.73 Å². The van der Waals surface area contributed by atoms with Crippen molar-refractivity contribution in [1.29, 1.82) is 0 Å². The third-order valence-corrected chi connectivity index (χ3v) is 4.38. The fourth-order valence-corrected chi connectivity index (χ4v) is 3.55. The SMILES string of the molecule is Cl.NC(=O)C1=CSC23CC=CC=C2N=CC=C13. The maximum absolute atomic E-state index is 11.3. The van der Waals surface area contributed by atoms with Crippen molar-refractivity contribution < 1.29 is 4.79 Å². The molecule has 2 aliphatic heterocycles. The number of nitrogens with zero attached hydrogens (tertiary/aromatic N) is 1. The van der Waals surface area contributed by atoms with Crippen LogP contribution in [0.3, 0.4) is 0 Å². The summed E-state index contributed by atoms with van der Waals surface area (Å²) in [5.41, 5.74) is 8.00. The first-order chi connectivity index (χ1) is 7.74. The summed E-state index contributed by atoms with van der Waals surface area (Å²) < 4.78 is -0.201. The number of carbonyl (C=O) groups is 1. The molecule has 0 aromatic heterocycles. The second-order valence-corrected chi connectivity index (χ2v) is 5.05. The van der Waals surface area contributed by atoms with Gasteiger partial charge in [-0.2, -0.15) is 0 Å². The molecular formula is C12H11ClN2OS. The van der Waals surface area contributed by atoms with Crippen molar-refractivity contribution in [2.24, 2.45) is 10.7 Å². The highest BCUT2D eigenvalue weighted by Crippen LogP contribution is 2.54. The number of allylic oxidation sites excluding steroid dienone is 4. The Labute approximate surface area is 110 Å². The number of carbonyl (C=O) groups excluding carboxylic acids is 1. The van der Waals surface area contributed by atoms with E-state index in [1.54, 1.807) is 18.0 Å². The van der Waals surface area contributed by atoms with E-state index >= 15 is 0 Å². The van der Waals surface area contributed by atoms with Gasteiger partial charge in [-0.05, 0) is 29.6 Å². The van der Waals surface area contributed by atoms with E-state index in [0.29, 0.717) is 5.57 Å². The molecule has 2 N–H and O–H groups in total. The van der Waals surface area contributed by atoms with Crippen LogP contribution in [0.2, 0.25) is 0 Å². The molecule has 0 radical (unpaired) electrons. The number of hydrogen-bond donors (Lipinski definition) is 1. The Balaban J connectivity index is 0.00000108. The van der Waals surface area contributed by atoms with Crippen LogP contribution in [0.15, 0.2) is 51.5 Å². The van der Waals surface area contributed by atoms with Crippen LogP contribution in [-0.4, -0.2) is 16.9 Å². The van der Waals surface area contributed by atoms with Crippen LogP contribution in [0.5, 0.6) is 0 Å². The van der Waals surface area contributed by atoms with Gasteiger partial charge in [-0.15, -0.1) is 24.2 Å². The first-order valence-electron chi connectivity index (χ1n) is 5.04. The van der Waals surface area contributed by atoms with Crippen molar-refractivity contribution in [2.45, 2.75) is 11.2 Å². The molecule has 0 aromatic carbocycles. The Morgan fingerprint density at radius 2 is 2.29 bits per heavy atom. The largest absolute Gasteiger partial charge is 0.366 e. The zero-order chi connectivity index (χ0) is 11.2. The zero-order valence-corrected chi connectivity index (χ0v) is 10.6. The topological polar surface area (TPSA) is 55.5 Å². The van der Waals surface area contributed by atoms with E-state index in [2.05, 4.69) is 11.1 Å². The van der Waals surface area contributed by atoms with Crippen molar-refractivity contribution >= 4 is 36.3 Å². The predicted octanol–water partition coefficient (Wildman–Crippen LogP) is 2.12. The van der Waals surface area contributed by atoms with Crippen LogP contribution in [-0.2, 0) is 4.79 Å². The predicted molar refractivity (Wildman–Crippen MR) is 73.3 cm³/mol. The van der Waals surface area contributed by atoms with Crippen molar-refractivity contribution in [2.75, 3.05) is 0 Å². The summed E-state index contributed by atoms with van der Waals surface area (Å²) in [4.78, 5) is 15.7. The quantitative estimate of drug-likeness (QED) is 0.790. The van der Waals surface area contributed by atoms with Crippen LogP contribution in [0.4, 0.5) is 0 Å². The van der Waals surface area contributed by atoms with Gasteiger partial charge in [0.1, 0.15) is 0 Å². The molecule has 1 atom stereocenters. The van der Waals surface area contributed by atoms with Crippen molar-refractivity contribution in [3.8, 4) is 0 Å². The number of halogens is 1. The maximum atomic E-state index is 11.3. The third-order valence-electron chi connectivity index (χ3n) is 3.03. The van der Waals surface area contributed by atoms with Gasteiger partial charge in [-0.25, -0.2) is 0 Å². The number of aliphatic imine (C=N–C) groups is 1. The molecule has 3 nitrogen and oxygen atoms in total. The second kappa shape index (κ2) is 4.20. The fourth-order valence-electron chi connectivity index (χ4n) is 2.25. The maximum Gasteiger partial charge on any atom is 0.249 e. The molecule has 3 rings (SSSR count). The highest BCUT2D eigenvalue weighted by molar-refractivity contribution is 8.04. The molecule has 0 saturated carbocycles. The first-order valence-corrected chi connectivity index (χ1v) is 5.92. The number of nitrogens with two attached hydrogens (primary N) is 1. The minimum atomic E-state index is -0.361. The fraction of sp³-hybridized carbons (Fsp3) is 0.167. The Hall–Kier alpha value is -1.26. The molecule has 1 amide bonds. The highest BCUT2D eigenvalue weighted by Gasteiger charge is 2.46. The summed E-state index contributed by atoms with van der Waals surface area (Å²) in [6.07, 6.45) is 10.6. The van der Waals surface area contributed by atoms with Crippen LogP contribution in [0.25, 0.3) is 0 Å². The molecule has 1 spiro atoms. The van der Waals surface area contributed by atoms with Crippen molar-refractivity contribution in [3.05, 3.63) is 46.6 Å². The van der Waals surface area contributed by atoms with Crippen molar-refractivity contribution in [1.82, 2.24) is 0 Å². The monoisotopic (exact) mass is 266 g/mol. The molecule has 0 aromatic rings. The molecule has 17 heavy (non-hydrogen) atoms. The zero-order valence-electron chi connectivity index (χ0n) is 8.92. The van der Waals surface area contributed by atoms with E-state index in [1.807, 2.05) is 23.6 Å². The van der Waals surface area contributed by atoms with E-state index in [0.717, 1.165) is 17.7 Å². The van der Waals surface area contributed by atoms with E-state index in [9.17, 15) is 4.79 Å². The molecule has 1 unspecified atom stereocenters. The average molecular weight is 267 g/mol. The molecule has 0 bridgehead atoms. The van der Waals surface area contributed by atoms with Gasteiger partial charge in [0.2, 0.25) is 5.91 Å². The van der Waals surface area contributed by atoms with E-state index in [-0.39, 0.29) is 23.1 Å². The Kier molecular flexibility index (Phi) is 3.02. The van der Waals surface area contributed by atoms with Gasteiger partial charge < -0.3 is 5.73 Å². The van der Waals surface area contributed by atoms with Gasteiger partial charge in [0.05, 0.1) is 16.0 Å².